The zero-order chi connectivity index (χ0) is 19.1. The number of nitrogens with zero attached hydrogens (tertiary/aromatic N) is 2. The Kier molecular flexibility index (Phi) is 5.84. The number of hydrogen-bond acceptors (Lipinski definition) is 7. The first-order valence-corrected chi connectivity index (χ1v) is 7.24. The van der Waals surface area contributed by atoms with Crippen LogP contribution in [0.2, 0.25) is 0 Å². The molecule has 0 atom stereocenters. The zero-order valence-electron chi connectivity index (χ0n) is 13.6. The van der Waals surface area contributed by atoms with Gasteiger partial charge in [0.05, 0.1) is 41.0 Å². The van der Waals surface area contributed by atoms with Gasteiger partial charge in [0.25, 0.3) is 11.6 Å². The molecule has 0 bridgehead atoms. The van der Waals surface area contributed by atoms with Gasteiger partial charge in [0, 0.05) is 6.07 Å². The fraction of sp³-hybridized carbons (Fsp3) is 0.118. The van der Waals surface area contributed by atoms with Gasteiger partial charge in [-0.15, -0.1) is 0 Å². The number of methoxy groups -OCH3 is 1. The van der Waals surface area contributed by atoms with Crippen molar-refractivity contribution >= 4 is 23.3 Å². The summed E-state index contributed by atoms with van der Waals surface area (Å²) in [4.78, 5) is 34.0. The molecule has 0 aliphatic heterocycles. The molecule has 2 rings (SSSR count). The van der Waals surface area contributed by atoms with Crippen molar-refractivity contribution in [3.63, 3.8) is 0 Å². The first kappa shape index (κ1) is 18.4. The smallest absolute Gasteiger partial charge is 0.338 e. The second-order valence-electron chi connectivity index (χ2n) is 4.96. The number of ether oxygens (including phenoxy) is 2. The molecule has 2 aromatic rings. The second-order valence-corrected chi connectivity index (χ2v) is 4.96. The third kappa shape index (κ3) is 4.55. The number of hydrogen-bond donors (Lipinski definition) is 1. The Labute approximate surface area is 147 Å². The Hall–Kier alpha value is -3.93. The van der Waals surface area contributed by atoms with Crippen LogP contribution >= 0.6 is 0 Å². The molecule has 26 heavy (non-hydrogen) atoms. The molecule has 0 heterocycles. The summed E-state index contributed by atoms with van der Waals surface area (Å²) in [5.74, 6) is -1.31. The number of non-ortho nitro benzene ring substituents is 1. The molecule has 9 nitrogen and oxygen atoms in total. The van der Waals surface area contributed by atoms with Gasteiger partial charge < -0.3 is 14.8 Å². The lowest BCUT2D eigenvalue weighted by atomic mass is 10.1. The number of carbonyl (C=O) groups is 2. The van der Waals surface area contributed by atoms with Crippen molar-refractivity contribution in [1.29, 1.82) is 5.26 Å². The minimum Gasteiger partial charge on any atom is -0.494 e. The summed E-state index contributed by atoms with van der Waals surface area (Å²) in [6, 6.07) is 11.4. The van der Waals surface area contributed by atoms with E-state index in [0.29, 0.717) is 5.56 Å². The molecule has 132 valence electrons. The summed E-state index contributed by atoms with van der Waals surface area (Å²) < 4.78 is 9.89. The van der Waals surface area contributed by atoms with Crippen LogP contribution in [0.25, 0.3) is 0 Å². The summed E-state index contributed by atoms with van der Waals surface area (Å²) in [7, 11) is 1.30. The highest BCUT2D eigenvalue weighted by molar-refractivity contribution is 5.96. The second kappa shape index (κ2) is 8.25. The molecule has 0 aliphatic rings. The lowest BCUT2D eigenvalue weighted by molar-refractivity contribution is -0.384. The average Bonchev–Trinajstić information content (AvgIpc) is 2.66. The van der Waals surface area contributed by atoms with Gasteiger partial charge in [-0.05, 0) is 24.3 Å². The summed E-state index contributed by atoms with van der Waals surface area (Å²) in [6.45, 7) is -0.574. The van der Waals surface area contributed by atoms with E-state index in [0.717, 1.165) is 6.07 Å². The molecule has 0 aromatic heterocycles. The van der Waals surface area contributed by atoms with Crippen molar-refractivity contribution in [2.45, 2.75) is 0 Å². The Morgan fingerprint density at radius 2 is 2.04 bits per heavy atom. The number of amides is 1. The van der Waals surface area contributed by atoms with E-state index in [1.165, 1.54) is 43.5 Å². The Bertz CT molecular complexity index is 904. The van der Waals surface area contributed by atoms with Crippen molar-refractivity contribution in [2.75, 3.05) is 19.0 Å². The molecular formula is C17H13N3O6. The Balaban J connectivity index is 1.99. The van der Waals surface area contributed by atoms with Gasteiger partial charge in [0.2, 0.25) is 0 Å². The molecule has 0 aliphatic carbocycles. The number of nitro groups is 1. The molecule has 9 heteroatoms. The van der Waals surface area contributed by atoms with E-state index in [2.05, 4.69) is 5.32 Å². The van der Waals surface area contributed by atoms with Gasteiger partial charge in [-0.25, -0.2) is 4.79 Å². The van der Waals surface area contributed by atoms with Crippen LogP contribution in [0.15, 0.2) is 42.5 Å². The summed E-state index contributed by atoms with van der Waals surface area (Å²) >= 11 is 0. The van der Waals surface area contributed by atoms with E-state index in [4.69, 9.17) is 14.7 Å². The number of benzene rings is 2. The van der Waals surface area contributed by atoms with Crippen LogP contribution in [-0.2, 0) is 9.53 Å². The topological polar surface area (TPSA) is 132 Å². The fourth-order valence-electron chi connectivity index (χ4n) is 2.01. The number of nitro benzene ring substituents is 1. The lowest BCUT2D eigenvalue weighted by Crippen LogP contribution is -2.21. The largest absolute Gasteiger partial charge is 0.494 e. The number of nitriles is 1. The highest BCUT2D eigenvalue weighted by Crippen LogP contribution is 2.28. The normalized spacial score (nSPS) is 9.69. The van der Waals surface area contributed by atoms with E-state index >= 15 is 0 Å². The number of anilines is 1. The third-order valence-electron chi connectivity index (χ3n) is 3.23. The molecule has 2 aromatic carbocycles. The molecule has 1 N–H and O–H groups in total. The molecule has 0 radical (unpaired) electrons. The monoisotopic (exact) mass is 355 g/mol. The Morgan fingerprint density at radius 3 is 2.69 bits per heavy atom. The lowest BCUT2D eigenvalue weighted by Gasteiger charge is -2.10. The van der Waals surface area contributed by atoms with E-state index in [-0.39, 0.29) is 22.7 Å². The maximum Gasteiger partial charge on any atom is 0.338 e. The van der Waals surface area contributed by atoms with Crippen LogP contribution in [0.4, 0.5) is 11.4 Å². The number of carbonyl (C=O) groups excluding carboxylic acids is 2. The maximum atomic E-state index is 11.9. The maximum absolute atomic E-state index is 11.9. The van der Waals surface area contributed by atoms with Crippen molar-refractivity contribution in [3.8, 4) is 11.8 Å². The van der Waals surface area contributed by atoms with Gasteiger partial charge in [-0.1, -0.05) is 6.07 Å². The average molecular weight is 355 g/mol. The van der Waals surface area contributed by atoms with Gasteiger partial charge in [-0.2, -0.15) is 5.26 Å². The molecule has 0 fully saturated rings. The molecule has 0 saturated heterocycles. The first-order chi connectivity index (χ1) is 12.4. The Morgan fingerprint density at radius 1 is 1.27 bits per heavy atom. The predicted octanol–water partition coefficient (Wildman–Crippen LogP) is 2.27. The minimum absolute atomic E-state index is 0.0978. The van der Waals surface area contributed by atoms with Crippen molar-refractivity contribution in [2.24, 2.45) is 0 Å². The molecule has 0 spiro atoms. The van der Waals surface area contributed by atoms with Crippen LogP contribution in [0.5, 0.6) is 5.75 Å². The number of nitrogens with one attached hydrogen (secondary N) is 1. The highest BCUT2D eigenvalue weighted by atomic mass is 16.6. The number of esters is 1. The summed E-state index contributed by atoms with van der Waals surface area (Å²) in [5.41, 5.74) is 0.443. The van der Waals surface area contributed by atoms with Crippen molar-refractivity contribution in [3.05, 3.63) is 63.7 Å². The molecular weight excluding hydrogens is 342 g/mol. The molecule has 0 unspecified atom stereocenters. The predicted molar refractivity (Wildman–Crippen MR) is 89.7 cm³/mol. The fourth-order valence-corrected chi connectivity index (χ4v) is 2.01. The van der Waals surface area contributed by atoms with Gasteiger partial charge >= 0.3 is 5.97 Å². The molecule has 0 saturated carbocycles. The summed E-state index contributed by atoms with van der Waals surface area (Å²) in [6.07, 6.45) is 0. The highest BCUT2D eigenvalue weighted by Gasteiger charge is 2.15. The SMILES string of the molecule is COc1cc([N+](=O)[O-])ccc1NC(=O)COC(=O)c1cccc(C#N)c1. The minimum atomic E-state index is -0.757. The summed E-state index contributed by atoms with van der Waals surface area (Å²) in [5, 5.41) is 22.0. The third-order valence-corrected chi connectivity index (χ3v) is 3.23. The van der Waals surface area contributed by atoms with Crippen molar-refractivity contribution in [1.82, 2.24) is 0 Å². The van der Waals surface area contributed by atoms with E-state index < -0.39 is 23.4 Å². The first-order valence-electron chi connectivity index (χ1n) is 7.24. The zero-order valence-corrected chi connectivity index (χ0v) is 13.6. The standard InChI is InChI=1S/C17H13N3O6/c1-25-15-8-13(20(23)24)5-6-14(15)19-16(21)10-26-17(22)12-4-2-3-11(7-12)9-18/h2-8H,10H2,1H3,(H,19,21). The van der Waals surface area contributed by atoms with Gasteiger partial charge in [0.1, 0.15) is 5.75 Å². The van der Waals surface area contributed by atoms with E-state index in [1.807, 2.05) is 6.07 Å². The van der Waals surface area contributed by atoms with Gasteiger partial charge in [-0.3, -0.25) is 14.9 Å². The van der Waals surface area contributed by atoms with Crippen molar-refractivity contribution < 1.29 is 24.0 Å². The van der Waals surface area contributed by atoms with Crippen LogP contribution in [0, 0.1) is 21.4 Å². The van der Waals surface area contributed by atoms with E-state index in [9.17, 15) is 19.7 Å². The van der Waals surface area contributed by atoms with Gasteiger partial charge in [0.15, 0.2) is 6.61 Å². The number of rotatable bonds is 6. The molecule has 1 amide bonds. The van der Waals surface area contributed by atoms with E-state index in [1.54, 1.807) is 0 Å². The van der Waals surface area contributed by atoms with Crippen LogP contribution in [0.1, 0.15) is 15.9 Å². The van der Waals surface area contributed by atoms with Crippen LogP contribution in [-0.4, -0.2) is 30.5 Å². The van der Waals surface area contributed by atoms with Crippen LogP contribution in [0.3, 0.4) is 0 Å². The van der Waals surface area contributed by atoms with Crippen LogP contribution < -0.4 is 10.1 Å². The quantitative estimate of drug-likeness (QED) is 0.477.